The van der Waals surface area contributed by atoms with E-state index in [0.717, 1.165) is 5.16 Å². The van der Waals surface area contributed by atoms with Gasteiger partial charge in [-0.05, 0) is 18.2 Å². The van der Waals surface area contributed by atoms with Gasteiger partial charge in [-0.1, -0.05) is 29.4 Å². The van der Waals surface area contributed by atoms with Gasteiger partial charge in [0.05, 0.1) is 18.2 Å². The molecule has 0 atom stereocenters. The number of imidazole rings is 1. The average molecular weight is 335 g/mol. The first-order valence-electron chi connectivity index (χ1n) is 6.65. The highest BCUT2D eigenvalue weighted by atomic mass is 35.5. The zero-order chi connectivity index (χ0) is 15.9. The van der Waals surface area contributed by atoms with E-state index in [1.807, 2.05) is 23.9 Å². The van der Waals surface area contributed by atoms with Crippen LogP contribution in [0.3, 0.4) is 0 Å². The Balaban J connectivity index is 2.09. The Labute approximate surface area is 138 Å². The molecular formula is C15H15ClN4OS. The summed E-state index contributed by atoms with van der Waals surface area (Å²) in [7, 11) is 1.88. The number of rotatable bonds is 6. The van der Waals surface area contributed by atoms with Crippen molar-refractivity contribution in [1.29, 1.82) is 5.26 Å². The maximum Gasteiger partial charge on any atom is 0.237 e. The number of benzene rings is 1. The number of hydrogen-bond acceptors (Lipinski definition) is 4. The fourth-order valence-electron chi connectivity index (χ4n) is 1.90. The van der Waals surface area contributed by atoms with Crippen molar-refractivity contribution in [3.63, 3.8) is 0 Å². The van der Waals surface area contributed by atoms with Crippen LogP contribution in [0.2, 0.25) is 5.02 Å². The van der Waals surface area contributed by atoms with Crippen LogP contribution in [-0.4, -0.2) is 27.8 Å². The molecule has 0 aliphatic heterocycles. The normalized spacial score (nSPS) is 10.2. The molecule has 0 spiro atoms. The van der Waals surface area contributed by atoms with Crippen LogP contribution in [0.4, 0.5) is 5.69 Å². The van der Waals surface area contributed by atoms with Crippen molar-refractivity contribution in [2.45, 2.75) is 11.6 Å². The van der Waals surface area contributed by atoms with Crippen molar-refractivity contribution in [2.75, 3.05) is 17.2 Å². The van der Waals surface area contributed by atoms with Crippen LogP contribution < -0.4 is 4.90 Å². The molecule has 1 aromatic heterocycles. The fraction of sp³-hybridized carbons (Fsp3) is 0.267. The molecular weight excluding hydrogens is 320 g/mol. The molecule has 2 aromatic rings. The van der Waals surface area contributed by atoms with Gasteiger partial charge in [0.2, 0.25) is 5.91 Å². The summed E-state index contributed by atoms with van der Waals surface area (Å²) in [5.74, 6) is 0.175. The Hall–Kier alpha value is -1.97. The van der Waals surface area contributed by atoms with Gasteiger partial charge in [0.25, 0.3) is 0 Å². The number of carbonyl (C=O) groups excluding carboxylic acids is 1. The largest absolute Gasteiger partial charge is 0.329 e. The molecule has 0 aliphatic rings. The molecule has 0 saturated carbocycles. The minimum absolute atomic E-state index is 0.0782. The van der Waals surface area contributed by atoms with Crippen LogP contribution in [0.5, 0.6) is 0 Å². The first-order chi connectivity index (χ1) is 10.6. The summed E-state index contributed by atoms with van der Waals surface area (Å²) in [4.78, 5) is 18.2. The third kappa shape index (κ3) is 4.26. The summed E-state index contributed by atoms with van der Waals surface area (Å²) in [6.45, 7) is 0.344. The number of amides is 1. The topological polar surface area (TPSA) is 61.9 Å². The van der Waals surface area contributed by atoms with Crippen LogP contribution in [0.25, 0.3) is 0 Å². The summed E-state index contributed by atoms with van der Waals surface area (Å²) >= 11 is 7.35. The minimum Gasteiger partial charge on any atom is -0.329 e. The molecule has 22 heavy (non-hydrogen) atoms. The number of carbonyl (C=O) groups is 1. The molecule has 0 unspecified atom stereocenters. The van der Waals surface area contributed by atoms with Crippen molar-refractivity contribution in [3.8, 4) is 6.07 Å². The Morgan fingerprint density at radius 2 is 2.36 bits per heavy atom. The second-order valence-corrected chi connectivity index (χ2v) is 5.92. The molecule has 0 fully saturated rings. The second-order valence-electron chi connectivity index (χ2n) is 4.54. The number of anilines is 1. The van der Waals surface area contributed by atoms with Crippen LogP contribution >= 0.6 is 23.4 Å². The van der Waals surface area contributed by atoms with Gasteiger partial charge in [0.1, 0.15) is 0 Å². The van der Waals surface area contributed by atoms with Gasteiger partial charge in [-0.2, -0.15) is 5.26 Å². The van der Waals surface area contributed by atoms with Gasteiger partial charge in [0, 0.05) is 36.7 Å². The van der Waals surface area contributed by atoms with Crippen LogP contribution in [0.1, 0.15) is 6.42 Å². The maximum absolute atomic E-state index is 12.5. The van der Waals surface area contributed by atoms with Gasteiger partial charge < -0.3 is 9.47 Å². The third-order valence-electron chi connectivity index (χ3n) is 2.97. The number of aryl methyl sites for hydroxylation is 1. The average Bonchev–Trinajstić information content (AvgIpc) is 2.91. The summed E-state index contributed by atoms with van der Waals surface area (Å²) < 4.78 is 1.86. The maximum atomic E-state index is 12.5. The number of thioether (sulfide) groups is 1. The quantitative estimate of drug-likeness (QED) is 0.761. The van der Waals surface area contributed by atoms with E-state index in [9.17, 15) is 4.79 Å². The lowest BCUT2D eigenvalue weighted by atomic mass is 10.2. The Morgan fingerprint density at radius 3 is 3.00 bits per heavy atom. The molecule has 114 valence electrons. The summed E-state index contributed by atoms with van der Waals surface area (Å²) in [6.07, 6.45) is 3.79. The SMILES string of the molecule is Cn1ccnc1SCC(=O)N(CCC#N)c1cccc(Cl)c1. The summed E-state index contributed by atoms with van der Waals surface area (Å²) in [5, 5.41) is 10.1. The molecule has 0 aliphatic carbocycles. The van der Waals surface area contributed by atoms with Gasteiger partial charge >= 0.3 is 0 Å². The highest BCUT2D eigenvalue weighted by molar-refractivity contribution is 7.99. The molecule has 1 heterocycles. The smallest absolute Gasteiger partial charge is 0.237 e. The van der Waals surface area contributed by atoms with Crippen molar-refractivity contribution >= 4 is 35.0 Å². The highest BCUT2D eigenvalue weighted by Gasteiger charge is 2.17. The van der Waals surface area contributed by atoms with E-state index in [0.29, 0.717) is 17.3 Å². The third-order valence-corrected chi connectivity index (χ3v) is 4.25. The molecule has 0 saturated heterocycles. The molecule has 7 heteroatoms. The lowest BCUT2D eigenvalue weighted by molar-refractivity contribution is -0.116. The molecule has 0 radical (unpaired) electrons. The van der Waals surface area contributed by atoms with Crippen molar-refractivity contribution in [1.82, 2.24) is 9.55 Å². The first kappa shape index (κ1) is 16.4. The van der Waals surface area contributed by atoms with Crippen molar-refractivity contribution < 1.29 is 4.79 Å². The Bertz CT molecular complexity index is 695. The van der Waals surface area contributed by atoms with E-state index in [1.165, 1.54) is 11.8 Å². The van der Waals surface area contributed by atoms with Crippen molar-refractivity contribution in [3.05, 3.63) is 41.7 Å². The minimum atomic E-state index is -0.0782. The van der Waals surface area contributed by atoms with Gasteiger partial charge in [0.15, 0.2) is 5.16 Å². The Morgan fingerprint density at radius 1 is 1.55 bits per heavy atom. The lowest BCUT2D eigenvalue weighted by Gasteiger charge is -2.21. The van der Waals surface area contributed by atoms with Crippen LogP contribution in [-0.2, 0) is 11.8 Å². The number of aromatic nitrogens is 2. The predicted octanol–water partition coefficient (Wildman–Crippen LogP) is 3.11. The molecule has 5 nitrogen and oxygen atoms in total. The number of halogens is 1. The van der Waals surface area contributed by atoms with Crippen molar-refractivity contribution in [2.24, 2.45) is 7.05 Å². The van der Waals surface area contributed by atoms with E-state index >= 15 is 0 Å². The van der Waals surface area contributed by atoms with E-state index < -0.39 is 0 Å². The monoisotopic (exact) mass is 334 g/mol. The van der Waals surface area contributed by atoms with Gasteiger partial charge in [-0.25, -0.2) is 4.98 Å². The van der Waals surface area contributed by atoms with Gasteiger partial charge in [-0.15, -0.1) is 0 Å². The Kier molecular flexibility index (Phi) is 5.87. The fourth-order valence-corrected chi connectivity index (χ4v) is 2.89. The zero-order valence-corrected chi connectivity index (χ0v) is 13.6. The standard InChI is InChI=1S/C15H15ClN4OS/c1-19-9-7-18-15(19)22-11-14(21)20(8-3-6-17)13-5-2-4-12(16)10-13/h2,4-5,7,9-10H,3,8,11H2,1H3. The molecule has 2 rings (SSSR count). The predicted molar refractivity (Wildman–Crippen MR) is 88.0 cm³/mol. The summed E-state index contributed by atoms with van der Waals surface area (Å²) in [5.41, 5.74) is 0.702. The number of nitriles is 1. The number of hydrogen-bond donors (Lipinski definition) is 0. The van der Waals surface area contributed by atoms with E-state index in [4.69, 9.17) is 16.9 Å². The molecule has 0 bridgehead atoms. The van der Waals surface area contributed by atoms with E-state index in [-0.39, 0.29) is 18.1 Å². The number of nitrogens with zero attached hydrogens (tertiary/aromatic N) is 4. The highest BCUT2D eigenvalue weighted by Crippen LogP contribution is 2.22. The zero-order valence-electron chi connectivity index (χ0n) is 12.1. The molecule has 1 amide bonds. The second kappa shape index (κ2) is 7.87. The van der Waals surface area contributed by atoms with E-state index in [2.05, 4.69) is 11.1 Å². The van der Waals surface area contributed by atoms with Crippen LogP contribution in [0.15, 0.2) is 41.8 Å². The lowest BCUT2D eigenvalue weighted by Crippen LogP contribution is -2.33. The first-order valence-corrected chi connectivity index (χ1v) is 8.01. The summed E-state index contributed by atoms with van der Waals surface area (Å²) in [6, 6.07) is 9.14. The van der Waals surface area contributed by atoms with Gasteiger partial charge in [-0.3, -0.25) is 4.79 Å². The van der Waals surface area contributed by atoms with Crippen LogP contribution in [0, 0.1) is 11.3 Å². The molecule has 1 aromatic carbocycles. The molecule has 0 N–H and O–H groups in total. The van der Waals surface area contributed by atoms with E-state index in [1.54, 1.807) is 29.3 Å².